The summed E-state index contributed by atoms with van der Waals surface area (Å²) in [6.07, 6.45) is 1.54. The van der Waals surface area contributed by atoms with E-state index in [0.717, 1.165) is 0 Å². The molecule has 0 bridgehead atoms. The first-order valence-corrected chi connectivity index (χ1v) is 11.1. The molecule has 2 saturated heterocycles. The molecule has 2 fully saturated rings. The van der Waals surface area contributed by atoms with Crippen LogP contribution in [-0.2, 0) is 4.79 Å². The van der Waals surface area contributed by atoms with Crippen molar-refractivity contribution in [1.82, 2.24) is 15.2 Å². The normalized spacial score (nSPS) is 17.7. The van der Waals surface area contributed by atoms with E-state index < -0.39 is 12.0 Å². The van der Waals surface area contributed by atoms with Crippen LogP contribution >= 0.6 is 0 Å². The van der Waals surface area contributed by atoms with Crippen molar-refractivity contribution in [3.05, 3.63) is 29.5 Å². The number of amides is 3. The first-order valence-electron chi connectivity index (χ1n) is 11.1. The van der Waals surface area contributed by atoms with Gasteiger partial charge < -0.3 is 30.5 Å². The number of nitrogens with zero attached hydrogens (tertiary/aromatic N) is 2. The Labute approximate surface area is 196 Å². The molecule has 1 aromatic carbocycles. The number of primary amides is 1. The quantitative estimate of drug-likeness (QED) is 0.550. The van der Waals surface area contributed by atoms with Crippen molar-refractivity contribution in [1.29, 1.82) is 0 Å². The van der Waals surface area contributed by atoms with Gasteiger partial charge in [0.15, 0.2) is 0 Å². The minimum atomic E-state index is -0.964. The minimum Gasteiger partial charge on any atom is -0.490 e. The fourth-order valence-corrected chi connectivity index (χ4v) is 3.89. The van der Waals surface area contributed by atoms with Crippen LogP contribution in [-0.4, -0.2) is 64.7 Å². The molecule has 0 aliphatic carbocycles. The molecule has 10 nitrogen and oxygen atoms in total. The van der Waals surface area contributed by atoms with Gasteiger partial charge >= 0.3 is 6.09 Å². The van der Waals surface area contributed by atoms with Gasteiger partial charge in [0.05, 0.1) is 29.2 Å². The third-order valence-corrected chi connectivity index (χ3v) is 5.65. The Hall–Kier alpha value is -4.00. The van der Waals surface area contributed by atoms with Crippen LogP contribution in [0.15, 0.2) is 18.3 Å². The first kappa shape index (κ1) is 23.2. The number of carbonyl (C=O) groups is 3. The van der Waals surface area contributed by atoms with Crippen LogP contribution in [0.2, 0.25) is 0 Å². The summed E-state index contributed by atoms with van der Waals surface area (Å²) in [6.45, 7) is 4.63. The molecular formula is C24H26N4O6. The standard InChI is InChI=1S/C24H26N4O6/c1-13(2)34-20-8-18-17(7-19(20)22(25)30)15(4-3-14-10-28(11-14)24(31)32)9-26-23(18)33-12-16-5-6-21(29)27-16/h7-9,13-14,16H,5-6,10-12H2,1-2H3,(H2,25,30)(H,27,29)(H,31,32)/t16-/m0/s1. The summed E-state index contributed by atoms with van der Waals surface area (Å²) in [5, 5.41) is 13.1. The minimum absolute atomic E-state index is 0.00628. The first-order chi connectivity index (χ1) is 16.2. The second-order valence-corrected chi connectivity index (χ2v) is 8.67. The zero-order valence-corrected chi connectivity index (χ0v) is 19.0. The van der Waals surface area contributed by atoms with Crippen molar-refractivity contribution in [2.45, 2.75) is 38.8 Å². The van der Waals surface area contributed by atoms with Crippen molar-refractivity contribution in [2.75, 3.05) is 19.7 Å². The molecule has 2 aliphatic rings. The number of hydrogen-bond donors (Lipinski definition) is 3. The summed E-state index contributed by atoms with van der Waals surface area (Å²) in [7, 11) is 0. The largest absolute Gasteiger partial charge is 0.490 e. The summed E-state index contributed by atoms with van der Waals surface area (Å²) in [6, 6.07) is 3.19. The van der Waals surface area contributed by atoms with Gasteiger partial charge in [-0.1, -0.05) is 11.8 Å². The fourth-order valence-electron chi connectivity index (χ4n) is 3.89. The molecule has 3 heterocycles. The molecular weight excluding hydrogens is 440 g/mol. The number of likely N-dealkylation sites (tertiary alicyclic amines) is 1. The molecule has 4 N–H and O–H groups in total. The summed E-state index contributed by atoms with van der Waals surface area (Å²) >= 11 is 0. The zero-order chi connectivity index (χ0) is 24.4. The molecule has 1 atom stereocenters. The van der Waals surface area contributed by atoms with Gasteiger partial charge in [-0.25, -0.2) is 9.78 Å². The molecule has 2 aromatic rings. The fraction of sp³-hybridized carbons (Fsp3) is 0.417. The Morgan fingerprint density at radius 2 is 2.09 bits per heavy atom. The number of hydrogen-bond acceptors (Lipinski definition) is 6. The van der Waals surface area contributed by atoms with E-state index in [9.17, 15) is 14.4 Å². The third kappa shape index (κ3) is 4.98. The van der Waals surface area contributed by atoms with Crippen molar-refractivity contribution in [3.63, 3.8) is 0 Å². The van der Waals surface area contributed by atoms with Gasteiger partial charge in [0.25, 0.3) is 5.91 Å². The van der Waals surface area contributed by atoms with Gasteiger partial charge in [-0.3, -0.25) is 9.59 Å². The smallest absolute Gasteiger partial charge is 0.407 e. The highest BCUT2D eigenvalue weighted by Crippen LogP contribution is 2.33. The van der Waals surface area contributed by atoms with Crippen LogP contribution in [0.4, 0.5) is 4.79 Å². The number of fused-ring (bicyclic) bond motifs is 1. The Balaban J connectivity index is 1.71. The van der Waals surface area contributed by atoms with Crippen LogP contribution in [0.3, 0.4) is 0 Å². The van der Waals surface area contributed by atoms with Crippen molar-refractivity contribution < 1.29 is 29.0 Å². The van der Waals surface area contributed by atoms with Crippen LogP contribution in [0.25, 0.3) is 10.8 Å². The second kappa shape index (κ2) is 9.47. The number of ether oxygens (including phenoxy) is 2. The highest BCUT2D eigenvalue weighted by molar-refractivity contribution is 6.03. The number of carboxylic acid groups (broad SMARTS) is 1. The Morgan fingerprint density at radius 1 is 1.32 bits per heavy atom. The molecule has 178 valence electrons. The van der Waals surface area contributed by atoms with Crippen molar-refractivity contribution in [2.24, 2.45) is 11.7 Å². The summed E-state index contributed by atoms with van der Waals surface area (Å²) in [5.74, 6) is 6.07. The number of nitrogens with two attached hydrogens (primary N) is 1. The lowest BCUT2D eigenvalue weighted by Gasteiger charge is -2.33. The summed E-state index contributed by atoms with van der Waals surface area (Å²) in [4.78, 5) is 40.3. The lowest BCUT2D eigenvalue weighted by molar-refractivity contribution is -0.119. The van der Waals surface area contributed by atoms with Crippen molar-refractivity contribution in [3.8, 4) is 23.5 Å². The van der Waals surface area contributed by atoms with Gasteiger partial charge in [-0.2, -0.15) is 0 Å². The topological polar surface area (TPSA) is 144 Å². The number of rotatable bonds is 6. The van der Waals surface area contributed by atoms with E-state index in [1.807, 2.05) is 13.8 Å². The Kier molecular flexibility index (Phi) is 6.45. The Morgan fingerprint density at radius 3 is 2.71 bits per heavy atom. The molecule has 0 unspecified atom stereocenters. The predicted molar refractivity (Wildman–Crippen MR) is 123 cm³/mol. The van der Waals surface area contributed by atoms with Crippen LogP contribution in [0, 0.1) is 17.8 Å². The lowest BCUT2D eigenvalue weighted by Crippen LogP contribution is -2.48. The molecule has 1 aromatic heterocycles. The van der Waals surface area contributed by atoms with Gasteiger partial charge in [0.2, 0.25) is 11.8 Å². The number of carbonyl (C=O) groups excluding carboxylic acids is 2. The third-order valence-electron chi connectivity index (χ3n) is 5.65. The molecule has 10 heteroatoms. The van der Waals surface area contributed by atoms with Gasteiger partial charge in [0.1, 0.15) is 12.4 Å². The highest BCUT2D eigenvalue weighted by Gasteiger charge is 2.29. The molecule has 0 spiro atoms. The lowest BCUT2D eigenvalue weighted by atomic mass is 9.99. The molecule has 4 rings (SSSR count). The number of benzene rings is 1. The number of nitrogens with one attached hydrogen (secondary N) is 1. The van der Waals surface area contributed by atoms with Crippen LogP contribution < -0.4 is 20.5 Å². The maximum atomic E-state index is 12.2. The molecule has 2 aliphatic heterocycles. The van der Waals surface area contributed by atoms with E-state index in [1.165, 1.54) is 4.90 Å². The van der Waals surface area contributed by atoms with Gasteiger partial charge in [-0.15, -0.1) is 0 Å². The van der Waals surface area contributed by atoms with E-state index in [1.54, 1.807) is 18.3 Å². The highest BCUT2D eigenvalue weighted by atomic mass is 16.5. The van der Waals surface area contributed by atoms with E-state index in [2.05, 4.69) is 22.1 Å². The van der Waals surface area contributed by atoms with Gasteiger partial charge in [0, 0.05) is 36.5 Å². The molecule has 3 amide bonds. The average Bonchev–Trinajstić information content (AvgIpc) is 3.15. The van der Waals surface area contributed by atoms with Crippen molar-refractivity contribution >= 4 is 28.7 Å². The maximum Gasteiger partial charge on any atom is 0.407 e. The molecule has 0 radical (unpaired) electrons. The van der Waals surface area contributed by atoms with E-state index in [-0.39, 0.29) is 36.1 Å². The molecule has 0 saturated carbocycles. The average molecular weight is 466 g/mol. The van der Waals surface area contributed by atoms with Crippen LogP contribution in [0.5, 0.6) is 11.6 Å². The second-order valence-electron chi connectivity index (χ2n) is 8.67. The van der Waals surface area contributed by atoms with E-state index in [4.69, 9.17) is 20.3 Å². The maximum absolute atomic E-state index is 12.2. The summed E-state index contributed by atoms with van der Waals surface area (Å²) in [5.41, 5.74) is 6.39. The van der Waals surface area contributed by atoms with Crippen LogP contribution in [0.1, 0.15) is 42.6 Å². The monoisotopic (exact) mass is 466 g/mol. The van der Waals surface area contributed by atoms with E-state index in [0.29, 0.717) is 53.9 Å². The molecule has 34 heavy (non-hydrogen) atoms. The SMILES string of the molecule is CC(C)Oc1cc2c(OC[C@@H]3CCC(=O)N3)ncc(C#CC3CN(C(=O)O)C3)c2cc1C(N)=O. The summed E-state index contributed by atoms with van der Waals surface area (Å²) < 4.78 is 11.8. The Bertz CT molecular complexity index is 1210. The number of pyridine rings is 1. The van der Waals surface area contributed by atoms with E-state index >= 15 is 0 Å². The zero-order valence-electron chi connectivity index (χ0n) is 19.0. The predicted octanol–water partition coefficient (Wildman–Crippen LogP) is 1.74. The number of aromatic nitrogens is 1. The van der Waals surface area contributed by atoms with Gasteiger partial charge in [-0.05, 0) is 32.4 Å².